The van der Waals surface area contributed by atoms with Crippen LogP contribution in [0.15, 0.2) is 30.3 Å². The predicted molar refractivity (Wildman–Crippen MR) is 59.1 cm³/mol. The highest BCUT2D eigenvalue weighted by molar-refractivity contribution is 5.70. The first-order valence-electron chi connectivity index (χ1n) is 5.13. The number of para-hydroxylation sites is 1. The largest absolute Gasteiger partial charge is 0.415 e. The van der Waals surface area contributed by atoms with Gasteiger partial charge in [0.15, 0.2) is 0 Å². The number of benzene rings is 1. The number of amides is 1. The number of carbonyl (C=O) groups is 1. The van der Waals surface area contributed by atoms with Crippen LogP contribution in [0.25, 0.3) is 0 Å². The Balaban J connectivity index is 2.59. The standard InChI is InChI=1S/C11H14F2N2O2/c12-10(13)8-15(7-6-14)11(16)17-9-4-2-1-3-5-9/h1-5,10H,6-8,14H2. The number of alkyl halides is 2. The maximum atomic E-state index is 12.2. The highest BCUT2D eigenvalue weighted by Crippen LogP contribution is 2.10. The van der Waals surface area contributed by atoms with Gasteiger partial charge in [-0.15, -0.1) is 0 Å². The zero-order valence-corrected chi connectivity index (χ0v) is 9.18. The molecule has 17 heavy (non-hydrogen) atoms. The smallest absolute Gasteiger partial charge is 0.410 e. The Kier molecular flexibility index (Phi) is 5.35. The number of rotatable bonds is 5. The van der Waals surface area contributed by atoms with Crippen molar-refractivity contribution < 1.29 is 18.3 Å². The van der Waals surface area contributed by atoms with Gasteiger partial charge in [0.25, 0.3) is 6.43 Å². The van der Waals surface area contributed by atoms with Crippen LogP contribution in [0.4, 0.5) is 13.6 Å². The summed E-state index contributed by atoms with van der Waals surface area (Å²) in [5.41, 5.74) is 5.24. The summed E-state index contributed by atoms with van der Waals surface area (Å²) in [6.45, 7) is -0.532. The molecule has 2 N–H and O–H groups in total. The van der Waals surface area contributed by atoms with Crippen molar-refractivity contribution in [3.05, 3.63) is 30.3 Å². The van der Waals surface area contributed by atoms with Crippen LogP contribution in [0.2, 0.25) is 0 Å². The fourth-order valence-electron chi connectivity index (χ4n) is 1.23. The van der Waals surface area contributed by atoms with Gasteiger partial charge < -0.3 is 15.4 Å². The first-order valence-corrected chi connectivity index (χ1v) is 5.13. The Hall–Kier alpha value is -1.69. The molecule has 4 nitrogen and oxygen atoms in total. The molecule has 1 amide bonds. The fraction of sp³-hybridized carbons (Fsp3) is 0.364. The van der Waals surface area contributed by atoms with Crippen molar-refractivity contribution in [2.24, 2.45) is 5.73 Å². The van der Waals surface area contributed by atoms with Crippen molar-refractivity contribution in [2.75, 3.05) is 19.6 Å². The van der Waals surface area contributed by atoms with E-state index >= 15 is 0 Å². The third-order valence-electron chi connectivity index (χ3n) is 1.96. The summed E-state index contributed by atoms with van der Waals surface area (Å²) in [7, 11) is 0. The minimum absolute atomic E-state index is 0.0377. The molecule has 0 radical (unpaired) electrons. The van der Waals surface area contributed by atoms with E-state index in [9.17, 15) is 13.6 Å². The van der Waals surface area contributed by atoms with Crippen LogP contribution in [0, 0.1) is 0 Å². The molecule has 0 fully saturated rings. The van der Waals surface area contributed by atoms with E-state index in [1.165, 1.54) is 0 Å². The molecule has 0 spiro atoms. The van der Waals surface area contributed by atoms with Gasteiger partial charge in [0.05, 0.1) is 6.54 Å². The van der Waals surface area contributed by atoms with Gasteiger partial charge in [-0.2, -0.15) is 0 Å². The van der Waals surface area contributed by atoms with E-state index in [-0.39, 0.29) is 13.1 Å². The van der Waals surface area contributed by atoms with Gasteiger partial charge in [-0.25, -0.2) is 13.6 Å². The fourth-order valence-corrected chi connectivity index (χ4v) is 1.23. The average molecular weight is 244 g/mol. The van der Waals surface area contributed by atoms with E-state index in [1.807, 2.05) is 0 Å². The van der Waals surface area contributed by atoms with Crippen LogP contribution in [-0.2, 0) is 0 Å². The molecular formula is C11H14F2N2O2. The first kappa shape index (κ1) is 13.4. The van der Waals surface area contributed by atoms with Gasteiger partial charge >= 0.3 is 6.09 Å². The Morgan fingerprint density at radius 1 is 1.35 bits per heavy atom. The summed E-state index contributed by atoms with van der Waals surface area (Å²) in [6, 6.07) is 8.27. The molecule has 0 saturated carbocycles. The monoisotopic (exact) mass is 244 g/mol. The van der Waals surface area contributed by atoms with Crippen LogP contribution in [-0.4, -0.2) is 37.1 Å². The lowest BCUT2D eigenvalue weighted by molar-refractivity contribution is 0.0842. The molecule has 94 valence electrons. The molecule has 0 aliphatic rings. The van der Waals surface area contributed by atoms with E-state index in [0.29, 0.717) is 5.75 Å². The molecular weight excluding hydrogens is 230 g/mol. The summed E-state index contributed by atoms with van der Waals surface area (Å²) in [6.07, 6.45) is -3.42. The highest BCUT2D eigenvalue weighted by atomic mass is 19.3. The second-order valence-corrected chi connectivity index (χ2v) is 3.31. The lowest BCUT2D eigenvalue weighted by atomic mass is 10.3. The Labute approximate surface area is 98.0 Å². The highest BCUT2D eigenvalue weighted by Gasteiger charge is 2.19. The molecule has 0 atom stereocenters. The number of nitrogens with zero attached hydrogens (tertiary/aromatic N) is 1. The van der Waals surface area contributed by atoms with E-state index in [1.54, 1.807) is 30.3 Å². The summed E-state index contributed by atoms with van der Waals surface area (Å²) < 4.78 is 29.4. The van der Waals surface area contributed by atoms with Crippen molar-refractivity contribution in [2.45, 2.75) is 6.43 Å². The summed E-state index contributed by atoms with van der Waals surface area (Å²) in [5, 5.41) is 0. The molecule has 0 aliphatic heterocycles. The number of nitrogens with two attached hydrogens (primary N) is 1. The lowest BCUT2D eigenvalue weighted by Crippen LogP contribution is -2.40. The Bertz CT molecular complexity index is 347. The van der Waals surface area contributed by atoms with Gasteiger partial charge in [0.2, 0.25) is 0 Å². The predicted octanol–water partition coefficient (Wildman–Crippen LogP) is 1.71. The van der Waals surface area contributed by atoms with Crippen LogP contribution < -0.4 is 10.5 Å². The molecule has 0 saturated heterocycles. The third-order valence-corrected chi connectivity index (χ3v) is 1.96. The van der Waals surface area contributed by atoms with Crippen molar-refractivity contribution >= 4 is 6.09 Å². The molecule has 1 rings (SSSR count). The Morgan fingerprint density at radius 3 is 2.53 bits per heavy atom. The van der Waals surface area contributed by atoms with Gasteiger partial charge in [-0.3, -0.25) is 0 Å². The summed E-state index contributed by atoms with van der Waals surface area (Å²) >= 11 is 0. The van der Waals surface area contributed by atoms with E-state index < -0.39 is 19.1 Å². The van der Waals surface area contributed by atoms with Gasteiger partial charge in [0.1, 0.15) is 5.75 Å². The molecule has 0 heterocycles. The molecule has 1 aromatic carbocycles. The Morgan fingerprint density at radius 2 is 2.00 bits per heavy atom. The van der Waals surface area contributed by atoms with Crippen molar-refractivity contribution in [1.29, 1.82) is 0 Å². The maximum absolute atomic E-state index is 12.2. The number of hydrogen-bond acceptors (Lipinski definition) is 3. The van der Waals surface area contributed by atoms with Crippen molar-refractivity contribution in [3.63, 3.8) is 0 Å². The lowest BCUT2D eigenvalue weighted by Gasteiger charge is -2.20. The summed E-state index contributed by atoms with van der Waals surface area (Å²) in [5.74, 6) is 0.314. The minimum atomic E-state index is -2.61. The van der Waals surface area contributed by atoms with Gasteiger partial charge in [-0.1, -0.05) is 18.2 Å². The van der Waals surface area contributed by atoms with Crippen molar-refractivity contribution in [3.8, 4) is 5.75 Å². The quantitative estimate of drug-likeness (QED) is 0.857. The molecule has 6 heteroatoms. The van der Waals surface area contributed by atoms with Crippen molar-refractivity contribution in [1.82, 2.24) is 4.90 Å². The van der Waals surface area contributed by atoms with Crippen LogP contribution >= 0.6 is 0 Å². The van der Waals surface area contributed by atoms with Crippen LogP contribution in [0.3, 0.4) is 0 Å². The minimum Gasteiger partial charge on any atom is -0.410 e. The molecule has 1 aromatic rings. The number of carbonyl (C=O) groups excluding carboxylic acids is 1. The summed E-state index contributed by atoms with van der Waals surface area (Å²) in [4.78, 5) is 12.4. The van der Waals surface area contributed by atoms with E-state index in [4.69, 9.17) is 10.5 Å². The maximum Gasteiger partial charge on any atom is 0.415 e. The zero-order chi connectivity index (χ0) is 12.7. The molecule has 0 aromatic heterocycles. The van der Waals surface area contributed by atoms with E-state index in [0.717, 1.165) is 4.90 Å². The SMILES string of the molecule is NCCN(CC(F)F)C(=O)Oc1ccccc1. The number of hydrogen-bond donors (Lipinski definition) is 1. The first-order chi connectivity index (χ1) is 8.13. The number of ether oxygens (including phenoxy) is 1. The van der Waals surface area contributed by atoms with Crippen LogP contribution in [0.5, 0.6) is 5.75 Å². The second-order valence-electron chi connectivity index (χ2n) is 3.31. The van der Waals surface area contributed by atoms with Gasteiger partial charge in [0, 0.05) is 13.1 Å². The molecule has 0 aliphatic carbocycles. The third kappa shape index (κ3) is 4.78. The molecule has 0 unspecified atom stereocenters. The molecule has 0 bridgehead atoms. The topological polar surface area (TPSA) is 55.6 Å². The van der Waals surface area contributed by atoms with Crippen LogP contribution in [0.1, 0.15) is 0 Å². The van der Waals surface area contributed by atoms with Gasteiger partial charge in [-0.05, 0) is 12.1 Å². The van der Waals surface area contributed by atoms with E-state index in [2.05, 4.69) is 0 Å². The zero-order valence-electron chi connectivity index (χ0n) is 9.18. The second kappa shape index (κ2) is 6.80. The number of halogens is 2. The normalized spacial score (nSPS) is 10.4. The average Bonchev–Trinajstić information content (AvgIpc) is 2.29.